The molecule has 8 nitrogen and oxygen atoms in total. The molecule has 2 aromatic rings. The second-order valence-corrected chi connectivity index (χ2v) is 6.22. The molecule has 0 bridgehead atoms. The molecule has 144 valence electrons. The van der Waals surface area contributed by atoms with E-state index in [1.807, 2.05) is 0 Å². The van der Waals surface area contributed by atoms with Gasteiger partial charge in [0.2, 0.25) is 0 Å². The third-order valence-corrected chi connectivity index (χ3v) is 4.68. The maximum Gasteiger partial charge on any atom is 0.338 e. The number of carboxylic acid groups (broad SMARTS) is 1. The maximum atomic E-state index is 14.3. The van der Waals surface area contributed by atoms with Gasteiger partial charge in [-0.1, -0.05) is 0 Å². The SMILES string of the molecule is COc1cc(F)c(C(=O)N2CCC(n3cc(C(=O)O)cn3)CC2)cc1OC. The van der Waals surface area contributed by atoms with Gasteiger partial charge in [-0.3, -0.25) is 9.48 Å². The Labute approximate surface area is 155 Å². The average Bonchev–Trinajstić information content (AvgIpc) is 3.18. The third kappa shape index (κ3) is 3.71. The summed E-state index contributed by atoms with van der Waals surface area (Å²) >= 11 is 0. The molecule has 2 heterocycles. The summed E-state index contributed by atoms with van der Waals surface area (Å²) in [4.78, 5) is 25.3. The third-order valence-electron chi connectivity index (χ3n) is 4.68. The standard InChI is InChI=1S/C18H20FN3O5/c1-26-15-7-13(14(19)8-16(15)27-2)17(23)21-5-3-12(4-6-21)22-10-11(9-20-22)18(24)25/h7-10,12H,3-6H2,1-2H3,(H,24,25). The molecule has 3 rings (SSSR count). The molecule has 0 aliphatic carbocycles. The molecular weight excluding hydrogens is 357 g/mol. The van der Waals surface area contributed by atoms with Crippen LogP contribution in [0.3, 0.4) is 0 Å². The van der Waals surface area contributed by atoms with E-state index in [0.29, 0.717) is 25.9 Å². The van der Waals surface area contributed by atoms with Crippen molar-refractivity contribution < 1.29 is 28.6 Å². The topological polar surface area (TPSA) is 93.9 Å². The molecule has 1 amide bonds. The number of ether oxygens (including phenoxy) is 2. The van der Waals surface area contributed by atoms with Gasteiger partial charge in [0.15, 0.2) is 11.5 Å². The number of likely N-dealkylation sites (tertiary alicyclic amines) is 1. The van der Waals surface area contributed by atoms with E-state index in [2.05, 4.69) is 5.10 Å². The van der Waals surface area contributed by atoms with E-state index in [-0.39, 0.29) is 28.7 Å². The van der Waals surface area contributed by atoms with Crippen LogP contribution in [0, 0.1) is 5.82 Å². The van der Waals surface area contributed by atoms with E-state index < -0.39 is 17.7 Å². The maximum absolute atomic E-state index is 14.3. The number of carboxylic acids is 1. The molecule has 1 fully saturated rings. The van der Waals surface area contributed by atoms with Crippen LogP contribution in [0.25, 0.3) is 0 Å². The summed E-state index contributed by atoms with van der Waals surface area (Å²) in [6.45, 7) is 0.832. The van der Waals surface area contributed by atoms with Gasteiger partial charge in [0, 0.05) is 25.4 Å². The van der Waals surface area contributed by atoms with Crippen molar-refractivity contribution in [1.29, 1.82) is 0 Å². The predicted octanol–water partition coefficient (Wildman–Crippen LogP) is 2.21. The Morgan fingerprint density at radius 3 is 2.37 bits per heavy atom. The lowest BCUT2D eigenvalue weighted by atomic mass is 10.0. The highest BCUT2D eigenvalue weighted by Gasteiger charge is 2.28. The molecule has 1 N–H and O–H groups in total. The Morgan fingerprint density at radius 2 is 1.81 bits per heavy atom. The molecule has 27 heavy (non-hydrogen) atoms. The van der Waals surface area contributed by atoms with Crippen LogP contribution in [0.4, 0.5) is 4.39 Å². The van der Waals surface area contributed by atoms with Crippen LogP contribution in [0.2, 0.25) is 0 Å². The highest BCUT2D eigenvalue weighted by Crippen LogP contribution is 2.31. The number of carbonyl (C=O) groups is 2. The Morgan fingerprint density at radius 1 is 1.19 bits per heavy atom. The minimum atomic E-state index is -1.03. The Hall–Kier alpha value is -3.10. The number of rotatable bonds is 5. The normalized spacial score (nSPS) is 14.9. The second-order valence-electron chi connectivity index (χ2n) is 6.22. The van der Waals surface area contributed by atoms with Gasteiger partial charge < -0.3 is 19.5 Å². The minimum Gasteiger partial charge on any atom is -0.493 e. The van der Waals surface area contributed by atoms with Crippen LogP contribution in [0.15, 0.2) is 24.5 Å². The van der Waals surface area contributed by atoms with Crippen molar-refractivity contribution in [1.82, 2.24) is 14.7 Å². The molecule has 0 saturated carbocycles. The lowest BCUT2D eigenvalue weighted by Crippen LogP contribution is -2.39. The molecule has 1 aromatic carbocycles. The van der Waals surface area contributed by atoms with Crippen molar-refractivity contribution in [3.05, 3.63) is 41.5 Å². The van der Waals surface area contributed by atoms with E-state index in [1.54, 1.807) is 9.58 Å². The number of halogens is 1. The molecule has 1 aliphatic rings. The Bertz CT molecular complexity index is 859. The zero-order valence-electron chi connectivity index (χ0n) is 15.0. The van der Waals surface area contributed by atoms with Crippen LogP contribution in [0.5, 0.6) is 11.5 Å². The molecule has 0 radical (unpaired) electrons. The van der Waals surface area contributed by atoms with Gasteiger partial charge in [-0.25, -0.2) is 9.18 Å². The average molecular weight is 377 g/mol. The van der Waals surface area contributed by atoms with Gasteiger partial charge in [0.05, 0.1) is 37.6 Å². The van der Waals surface area contributed by atoms with Gasteiger partial charge in [-0.15, -0.1) is 0 Å². The van der Waals surface area contributed by atoms with Crippen LogP contribution in [-0.4, -0.2) is 59.0 Å². The van der Waals surface area contributed by atoms with Crippen LogP contribution < -0.4 is 9.47 Å². The van der Waals surface area contributed by atoms with Gasteiger partial charge in [0.1, 0.15) is 5.82 Å². The van der Waals surface area contributed by atoms with Crippen molar-refractivity contribution in [3.8, 4) is 11.5 Å². The quantitative estimate of drug-likeness (QED) is 0.859. The number of carbonyl (C=O) groups excluding carboxylic acids is 1. The molecular formula is C18H20FN3O5. The van der Waals surface area contributed by atoms with Crippen molar-refractivity contribution in [2.45, 2.75) is 18.9 Å². The second kappa shape index (κ2) is 7.65. The van der Waals surface area contributed by atoms with Crippen molar-refractivity contribution >= 4 is 11.9 Å². The molecule has 0 spiro atoms. The fourth-order valence-corrected chi connectivity index (χ4v) is 3.17. The first-order valence-corrected chi connectivity index (χ1v) is 8.42. The van der Waals surface area contributed by atoms with Gasteiger partial charge in [0.25, 0.3) is 5.91 Å². The first kappa shape index (κ1) is 18.7. The summed E-state index contributed by atoms with van der Waals surface area (Å²) in [5, 5.41) is 13.1. The van der Waals surface area contributed by atoms with E-state index in [9.17, 15) is 14.0 Å². The lowest BCUT2D eigenvalue weighted by molar-refractivity contribution is 0.0683. The fourth-order valence-electron chi connectivity index (χ4n) is 3.17. The van der Waals surface area contributed by atoms with Crippen LogP contribution >= 0.6 is 0 Å². The molecule has 1 aliphatic heterocycles. The first-order chi connectivity index (χ1) is 12.9. The molecule has 0 unspecified atom stereocenters. The summed E-state index contributed by atoms with van der Waals surface area (Å²) in [6.07, 6.45) is 3.99. The van der Waals surface area contributed by atoms with E-state index in [0.717, 1.165) is 6.07 Å². The number of aromatic nitrogens is 2. The number of piperidine rings is 1. The number of hydrogen-bond acceptors (Lipinski definition) is 5. The summed E-state index contributed by atoms with van der Waals surface area (Å²) in [5.74, 6) is -1.61. The lowest BCUT2D eigenvalue weighted by Gasteiger charge is -2.32. The van der Waals surface area contributed by atoms with Crippen LogP contribution in [-0.2, 0) is 0 Å². The highest BCUT2D eigenvalue weighted by atomic mass is 19.1. The number of nitrogens with zero attached hydrogens (tertiary/aromatic N) is 3. The fraction of sp³-hybridized carbons (Fsp3) is 0.389. The van der Waals surface area contributed by atoms with E-state index >= 15 is 0 Å². The largest absolute Gasteiger partial charge is 0.493 e. The predicted molar refractivity (Wildman–Crippen MR) is 92.9 cm³/mol. The molecule has 0 atom stereocenters. The van der Waals surface area contributed by atoms with E-state index in [1.165, 1.54) is 32.7 Å². The van der Waals surface area contributed by atoms with Crippen molar-refractivity contribution in [3.63, 3.8) is 0 Å². The Balaban J connectivity index is 1.70. The van der Waals surface area contributed by atoms with Crippen molar-refractivity contribution in [2.75, 3.05) is 27.3 Å². The zero-order chi connectivity index (χ0) is 19.6. The number of amides is 1. The summed E-state index contributed by atoms with van der Waals surface area (Å²) in [7, 11) is 2.82. The smallest absolute Gasteiger partial charge is 0.338 e. The zero-order valence-corrected chi connectivity index (χ0v) is 15.0. The minimum absolute atomic E-state index is 0.00241. The van der Waals surface area contributed by atoms with Crippen molar-refractivity contribution in [2.24, 2.45) is 0 Å². The number of aromatic carboxylic acids is 1. The molecule has 1 aromatic heterocycles. The number of methoxy groups -OCH3 is 2. The van der Waals surface area contributed by atoms with E-state index in [4.69, 9.17) is 14.6 Å². The summed E-state index contributed by atoms with van der Waals surface area (Å²) in [6, 6.07) is 2.47. The van der Waals surface area contributed by atoms with Crippen LogP contribution in [0.1, 0.15) is 39.6 Å². The van der Waals surface area contributed by atoms with Gasteiger partial charge in [-0.05, 0) is 18.9 Å². The first-order valence-electron chi connectivity index (χ1n) is 8.42. The Kier molecular flexibility index (Phi) is 5.29. The monoisotopic (exact) mass is 377 g/mol. The summed E-state index contributed by atoms with van der Waals surface area (Å²) < 4.78 is 26.1. The number of benzene rings is 1. The highest BCUT2D eigenvalue weighted by molar-refractivity contribution is 5.95. The summed E-state index contributed by atoms with van der Waals surface area (Å²) in [5.41, 5.74) is 0.0549. The number of hydrogen-bond donors (Lipinski definition) is 1. The van der Waals surface area contributed by atoms with Gasteiger partial charge in [-0.2, -0.15) is 5.10 Å². The molecule has 9 heteroatoms. The van der Waals surface area contributed by atoms with Gasteiger partial charge >= 0.3 is 5.97 Å². The molecule has 1 saturated heterocycles.